The highest BCUT2D eigenvalue weighted by Gasteiger charge is 2.09. The van der Waals surface area contributed by atoms with Gasteiger partial charge in [-0.2, -0.15) is 0 Å². The van der Waals surface area contributed by atoms with Crippen LogP contribution in [0.15, 0.2) is 12.1 Å². The Balaban J connectivity index is 2.80. The molecule has 0 heterocycles. The summed E-state index contributed by atoms with van der Waals surface area (Å²) < 4.78 is 1.05. The molecule has 15 heavy (non-hydrogen) atoms. The van der Waals surface area contributed by atoms with E-state index < -0.39 is 0 Å². The third-order valence-electron chi connectivity index (χ3n) is 2.47. The molecule has 0 aliphatic carbocycles. The number of anilines is 1. The fraction of sp³-hybridized carbons (Fsp3) is 0.455. The van der Waals surface area contributed by atoms with Crippen molar-refractivity contribution in [3.63, 3.8) is 0 Å². The lowest BCUT2D eigenvalue weighted by molar-refractivity contribution is 0.535. The first-order chi connectivity index (χ1) is 7.06. The number of benzene rings is 1. The summed E-state index contributed by atoms with van der Waals surface area (Å²) in [5, 5.41) is 4.16. The van der Waals surface area contributed by atoms with E-state index in [4.69, 9.17) is 17.3 Å². The zero-order valence-electron chi connectivity index (χ0n) is 8.98. The molecule has 1 atom stereocenters. The molecule has 0 aromatic heterocycles. The summed E-state index contributed by atoms with van der Waals surface area (Å²) in [6, 6.07) is 4.32. The van der Waals surface area contributed by atoms with Crippen LogP contribution in [0.5, 0.6) is 0 Å². The molecular weight excluding hydrogens is 322 g/mol. The molecule has 1 rings (SSSR count). The fourth-order valence-corrected chi connectivity index (χ4v) is 1.95. The first-order valence-electron chi connectivity index (χ1n) is 5.02. The second kappa shape index (κ2) is 5.92. The molecule has 4 heteroatoms. The third kappa shape index (κ3) is 3.50. The second-order valence-corrected chi connectivity index (χ2v) is 5.16. The van der Waals surface area contributed by atoms with Gasteiger partial charge in [0.15, 0.2) is 0 Å². The highest BCUT2D eigenvalue weighted by Crippen LogP contribution is 2.27. The van der Waals surface area contributed by atoms with Gasteiger partial charge in [0.05, 0.1) is 5.02 Å². The lowest BCUT2D eigenvalue weighted by Crippen LogP contribution is -2.25. The van der Waals surface area contributed by atoms with E-state index >= 15 is 0 Å². The Kier molecular flexibility index (Phi) is 5.15. The normalized spacial score (nSPS) is 12.8. The number of nitrogens with two attached hydrogens (primary N) is 1. The van der Waals surface area contributed by atoms with Gasteiger partial charge in [0, 0.05) is 27.4 Å². The van der Waals surface area contributed by atoms with Crippen LogP contribution in [0.4, 0.5) is 5.69 Å². The van der Waals surface area contributed by atoms with Crippen LogP contribution in [0.3, 0.4) is 0 Å². The lowest BCUT2D eigenvalue weighted by atomic mass is 10.1. The minimum atomic E-state index is 0.485. The van der Waals surface area contributed by atoms with Crippen LogP contribution in [0.2, 0.25) is 5.02 Å². The quantitative estimate of drug-likeness (QED) is 0.652. The summed E-state index contributed by atoms with van der Waals surface area (Å²) in [6.07, 6.45) is 1.10. The summed E-state index contributed by atoms with van der Waals surface area (Å²) in [7, 11) is 0. The van der Waals surface area contributed by atoms with Crippen LogP contribution in [-0.4, -0.2) is 6.04 Å². The zero-order valence-corrected chi connectivity index (χ0v) is 11.9. The van der Waals surface area contributed by atoms with Gasteiger partial charge in [0.1, 0.15) is 0 Å². The molecule has 1 aromatic rings. The van der Waals surface area contributed by atoms with E-state index in [1.165, 1.54) is 0 Å². The molecule has 1 unspecified atom stereocenters. The summed E-state index contributed by atoms with van der Waals surface area (Å²) in [5.74, 6) is 0. The summed E-state index contributed by atoms with van der Waals surface area (Å²) in [4.78, 5) is 0. The Labute approximate surface area is 110 Å². The van der Waals surface area contributed by atoms with Crippen molar-refractivity contribution in [2.24, 2.45) is 0 Å². The number of rotatable bonds is 4. The van der Waals surface area contributed by atoms with Crippen LogP contribution in [-0.2, 0) is 6.54 Å². The van der Waals surface area contributed by atoms with Gasteiger partial charge >= 0.3 is 0 Å². The standard InChI is InChI=1S/C11H16ClIN2/c1-3-7(2)15-6-8-10(14)5-4-9(13)11(8)12/h4-5,7,15H,3,6,14H2,1-2H3. The molecule has 0 fully saturated rings. The molecule has 1 aromatic carbocycles. The van der Waals surface area contributed by atoms with Crippen molar-refractivity contribution in [3.8, 4) is 0 Å². The smallest absolute Gasteiger partial charge is 0.0604 e. The predicted octanol–water partition coefficient (Wildman–Crippen LogP) is 3.41. The fourth-order valence-electron chi connectivity index (χ4n) is 1.21. The van der Waals surface area contributed by atoms with Crippen molar-refractivity contribution in [1.82, 2.24) is 5.32 Å². The molecule has 0 saturated heterocycles. The first kappa shape index (κ1) is 13.1. The molecule has 0 radical (unpaired) electrons. The van der Waals surface area contributed by atoms with Gasteiger partial charge in [-0.15, -0.1) is 0 Å². The molecule has 0 amide bonds. The lowest BCUT2D eigenvalue weighted by Gasteiger charge is -2.14. The summed E-state index contributed by atoms with van der Waals surface area (Å²) >= 11 is 8.42. The van der Waals surface area contributed by atoms with E-state index in [0.717, 1.165) is 32.8 Å². The molecular formula is C11H16ClIN2. The van der Waals surface area contributed by atoms with Crippen LogP contribution in [0, 0.1) is 3.57 Å². The molecule has 0 aliphatic heterocycles. The molecule has 2 nitrogen and oxygen atoms in total. The van der Waals surface area contributed by atoms with Crippen molar-refractivity contribution in [3.05, 3.63) is 26.3 Å². The third-order valence-corrected chi connectivity index (χ3v) is 4.12. The molecule has 0 spiro atoms. The van der Waals surface area contributed by atoms with E-state index in [1.807, 2.05) is 12.1 Å². The molecule has 0 bridgehead atoms. The van der Waals surface area contributed by atoms with Crippen molar-refractivity contribution in [2.45, 2.75) is 32.9 Å². The predicted molar refractivity (Wildman–Crippen MR) is 75.2 cm³/mol. The Bertz CT molecular complexity index is 342. The van der Waals surface area contributed by atoms with Crippen LogP contribution < -0.4 is 11.1 Å². The topological polar surface area (TPSA) is 38.0 Å². The summed E-state index contributed by atoms with van der Waals surface area (Å²) in [6.45, 7) is 5.03. The molecule has 84 valence electrons. The molecule has 0 aliphatic rings. The molecule has 3 N–H and O–H groups in total. The SMILES string of the molecule is CCC(C)NCc1c(N)ccc(I)c1Cl. The highest BCUT2D eigenvalue weighted by atomic mass is 127. The van der Waals surface area contributed by atoms with Crippen molar-refractivity contribution in [2.75, 3.05) is 5.73 Å². The zero-order chi connectivity index (χ0) is 11.4. The van der Waals surface area contributed by atoms with Gasteiger partial charge in [-0.1, -0.05) is 18.5 Å². The summed E-state index contributed by atoms with van der Waals surface area (Å²) in [5.41, 5.74) is 7.65. The minimum absolute atomic E-state index is 0.485. The highest BCUT2D eigenvalue weighted by molar-refractivity contribution is 14.1. The van der Waals surface area contributed by atoms with Crippen LogP contribution in [0.25, 0.3) is 0 Å². The largest absolute Gasteiger partial charge is 0.398 e. The van der Waals surface area contributed by atoms with E-state index in [-0.39, 0.29) is 0 Å². The monoisotopic (exact) mass is 338 g/mol. The molecule has 0 saturated carbocycles. The number of hydrogen-bond acceptors (Lipinski definition) is 2. The Hall–Kier alpha value is -0.0000000000000000555. The van der Waals surface area contributed by atoms with Gasteiger partial charge in [-0.25, -0.2) is 0 Å². The second-order valence-electron chi connectivity index (χ2n) is 3.62. The maximum Gasteiger partial charge on any atom is 0.0604 e. The van der Waals surface area contributed by atoms with Crippen LogP contribution in [0.1, 0.15) is 25.8 Å². The Morgan fingerprint density at radius 2 is 2.20 bits per heavy atom. The van der Waals surface area contributed by atoms with Crippen LogP contribution >= 0.6 is 34.2 Å². The maximum atomic E-state index is 6.20. The van der Waals surface area contributed by atoms with Crippen molar-refractivity contribution < 1.29 is 0 Å². The Morgan fingerprint density at radius 3 is 2.80 bits per heavy atom. The number of halogens is 2. The van der Waals surface area contributed by atoms with Gasteiger partial charge < -0.3 is 11.1 Å². The van der Waals surface area contributed by atoms with E-state index in [2.05, 4.69) is 41.8 Å². The van der Waals surface area contributed by atoms with E-state index in [9.17, 15) is 0 Å². The van der Waals surface area contributed by atoms with Gasteiger partial charge in [-0.05, 0) is 48.1 Å². The average molecular weight is 339 g/mol. The van der Waals surface area contributed by atoms with Crippen molar-refractivity contribution in [1.29, 1.82) is 0 Å². The number of nitrogens with one attached hydrogen (secondary N) is 1. The van der Waals surface area contributed by atoms with Crippen molar-refractivity contribution >= 4 is 39.9 Å². The van der Waals surface area contributed by atoms with Gasteiger partial charge in [0.2, 0.25) is 0 Å². The number of nitrogen functional groups attached to an aromatic ring is 1. The number of hydrogen-bond donors (Lipinski definition) is 2. The minimum Gasteiger partial charge on any atom is -0.398 e. The first-order valence-corrected chi connectivity index (χ1v) is 6.47. The van der Waals surface area contributed by atoms with Gasteiger partial charge in [0.25, 0.3) is 0 Å². The average Bonchev–Trinajstić information content (AvgIpc) is 2.23. The maximum absolute atomic E-state index is 6.20. The Morgan fingerprint density at radius 1 is 1.53 bits per heavy atom. The van der Waals surface area contributed by atoms with E-state index in [0.29, 0.717) is 6.04 Å². The van der Waals surface area contributed by atoms with E-state index in [1.54, 1.807) is 0 Å². The van der Waals surface area contributed by atoms with Gasteiger partial charge in [-0.3, -0.25) is 0 Å².